The molecule has 2 rings (SSSR count). The van der Waals surface area contributed by atoms with Crippen molar-refractivity contribution in [2.24, 2.45) is 0 Å². The van der Waals surface area contributed by atoms with Gasteiger partial charge in [-0.25, -0.2) is 14.3 Å². The minimum atomic E-state index is -0.736. The number of hydrogen-bond donors (Lipinski definition) is 1. The van der Waals surface area contributed by atoms with Gasteiger partial charge in [0.15, 0.2) is 0 Å². The van der Waals surface area contributed by atoms with Crippen molar-refractivity contribution in [1.82, 2.24) is 14.8 Å². The third-order valence-electron chi connectivity index (χ3n) is 2.78. The average Bonchev–Trinajstić information content (AvgIpc) is 2.92. The second-order valence-corrected chi connectivity index (χ2v) is 4.10. The monoisotopic (exact) mass is 290 g/mol. The van der Waals surface area contributed by atoms with Crippen LogP contribution in [0.4, 0.5) is 5.69 Å². The van der Waals surface area contributed by atoms with Crippen LogP contribution in [0.1, 0.15) is 26.8 Å². The summed E-state index contributed by atoms with van der Waals surface area (Å²) in [6.45, 7) is 0.182. The van der Waals surface area contributed by atoms with Crippen LogP contribution in [0, 0.1) is 0 Å². The lowest BCUT2D eigenvalue weighted by molar-refractivity contribution is 0.0580. The molecule has 0 aliphatic heterocycles. The van der Waals surface area contributed by atoms with E-state index in [9.17, 15) is 9.59 Å². The third kappa shape index (κ3) is 2.99. The van der Waals surface area contributed by atoms with Gasteiger partial charge in [0.05, 0.1) is 20.8 Å². The highest BCUT2D eigenvalue weighted by molar-refractivity contribution is 5.89. The van der Waals surface area contributed by atoms with Crippen molar-refractivity contribution in [3.63, 3.8) is 0 Å². The summed E-state index contributed by atoms with van der Waals surface area (Å²) in [6.07, 6.45) is 0. The van der Waals surface area contributed by atoms with Gasteiger partial charge in [-0.1, -0.05) is 18.2 Å². The second kappa shape index (κ2) is 6.04. The van der Waals surface area contributed by atoms with E-state index >= 15 is 0 Å². The number of benzene rings is 1. The molecule has 21 heavy (non-hydrogen) atoms. The molecule has 0 aliphatic rings. The molecule has 0 fully saturated rings. The zero-order valence-corrected chi connectivity index (χ0v) is 11.6. The largest absolute Gasteiger partial charge is 0.463 e. The van der Waals surface area contributed by atoms with Crippen molar-refractivity contribution in [3.8, 4) is 0 Å². The maximum Gasteiger partial charge on any atom is 0.377 e. The normalized spacial score (nSPS) is 10.2. The predicted molar refractivity (Wildman–Crippen MR) is 72.7 cm³/mol. The average molecular weight is 290 g/mol. The molecule has 0 radical (unpaired) electrons. The molecule has 0 amide bonds. The lowest BCUT2D eigenvalue weighted by Gasteiger charge is -2.07. The molecule has 0 saturated carbocycles. The first kappa shape index (κ1) is 14.5. The summed E-state index contributed by atoms with van der Waals surface area (Å²) in [5.74, 6) is -1.75. The Hall–Kier alpha value is -2.90. The Morgan fingerprint density at radius 1 is 1.19 bits per heavy atom. The van der Waals surface area contributed by atoms with Crippen LogP contribution in [-0.4, -0.2) is 40.9 Å². The number of nitrogens with two attached hydrogens (primary N) is 1. The second-order valence-electron chi connectivity index (χ2n) is 4.10. The Balaban J connectivity index is 2.41. The van der Waals surface area contributed by atoms with E-state index in [0.29, 0.717) is 5.69 Å². The Morgan fingerprint density at radius 2 is 1.86 bits per heavy atom. The van der Waals surface area contributed by atoms with Gasteiger partial charge >= 0.3 is 11.9 Å². The molecule has 0 bridgehead atoms. The molecule has 0 unspecified atom stereocenters. The fourth-order valence-electron chi connectivity index (χ4n) is 1.71. The quantitative estimate of drug-likeness (QED) is 0.644. The molecule has 2 N–H and O–H groups in total. The van der Waals surface area contributed by atoms with E-state index in [-0.39, 0.29) is 18.2 Å². The van der Waals surface area contributed by atoms with Gasteiger partial charge in [-0.05, 0) is 11.6 Å². The number of nitrogens with zero attached hydrogens (tertiary/aromatic N) is 3. The minimum absolute atomic E-state index is 0.0962. The summed E-state index contributed by atoms with van der Waals surface area (Å²) in [6, 6.07) is 7.12. The molecule has 2 aromatic rings. The zero-order valence-electron chi connectivity index (χ0n) is 11.6. The summed E-state index contributed by atoms with van der Waals surface area (Å²) in [4.78, 5) is 27.0. The van der Waals surface area contributed by atoms with Crippen LogP contribution in [0.3, 0.4) is 0 Å². The van der Waals surface area contributed by atoms with E-state index < -0.39 is 11.9 Å². The number of para-hydroxylation sites is 1. The number of carbonyl (C=O) groups excluding carboxylic acids is 2. The van der Waals surface area contributed by atoms with Gasteiger partial charge in [-0.3, -0.25) is 0 Å². The third-order valence-corrected chi connectivity index (χ3v) is 2.78. The number of aromatic nitrogens is 3. The van der Waals surface area contributed by atoms with Gasteiger partial charge in [0.25, 0.3) is 5.82 Å². The molecular weight excluding hydrogens is 276 g/mol. The highest BCUT2D eigenvalue weighted by atomic mass is 16.5. The lowest BCUT2D eigenvalue weighted by Crippen LogP contribution is -2.14. The summed E-state index contributed by atoms with van der Waals surface area (Å²) in [7, 11) is 2.42. The van der Waals surface area contributed by atoms with Crippen LogP contribution in [0.25, 0.3) is 0 Å². The molecule has 8 heteroatoms. The number of nitrogen functional groups attached to an aromatic ring is 1. The zero-order chi connectivity index (χ0) is 15.4. The van der Waals surface area contributed by atoms with E-state index in [1.54, 1.807) is 18.2 Å². The Kier molecular flexibility index (Phi) is 4.17. The van der Waals surface area contributed by atoms with Gasteiger partial charge < -0.3 is 15.2 Å². The molecule has 0 saturated heterocycles. The first-order valence-corrected chi connectivity index (χ1v) is 6.01. The highest BCUT2D eigenvalue weighted by Gasteiger charge is 2.22. The van der Waals surface area contributed by atoms with E-state index in [4.69, 9.17) is 5.73 Å². The predicted octanol–water partition coefficient (Wildman–Crippen LogP) is 0.482. The Bertz CT molecular complexity index is 681. The number of ether oxygens (including phenoxy) is 2. The standard InChI is InChI=1S/C13H14N4O4/c1-20-12(18)10-15-11(13(19)21-2)17(16-10)7-8-5-3-4-6-9(8)14/h3-6H,7,14H2,1-2H3. The van der Waals surface area contributed by atoms with E-state index in [0.717, 1.165) is 5.56 Å². The van der Waals surface area contributed by atoms with E-state index in [2.05, 4.69) is 19.6 Å². The molecule has 1 aromatic heterocycles. The van der Waals surface area contributed by atoms with Crippen LogP contribution in [-0.2, 0) is 16.0 Å². The van der Waals surface area contributed by atoms with Crippen molar-refractivity contribution in [2.75, 3.05) is 20.0 Å². The van der Waals surface area contributed by atoms with Gasteiger partial charge in [-0.2, -0.15) is 4.98 Å². The fraction of sp³-hybridized carbons (Fsp3) is 0.231. The van der Waals surface area contributed by atoms with Gasteiger partial charge in [-0.15, -0.1) is 5.10 Å². The van der Waals surface area contributed by atoms with Gasteiger partial charge in [0.1, 0.15) is 0 Å². The smallest absolute Gasteiger partial charge is 0.377 e. The number of esters is 2. The number of hydrogen-bond acceptors (Lipinski definition) is 7. The van der Waals surface area contributed by atoms with Crippen LogP contribution in [0.15, 0.2) is 24.3 Å². The van der Waals surface area contributed by atoms with E-state index in [1.807, 2.05) is 6.07 Å². The highest BCUT2D eigenvalue weighted by Crippen LogP contribution is 2.13. The molecule has 0 atom stereocenters. The maximum absolute atomic E-state index is 11.7. The molecule has 1 aromatic carbocycles. The summed E-state index contributed by atoms with van der Waals surface area (Å²) in [5, 5.41) is 3.96. The summed E-state index contributed by atoms with van der Waals surface area (Å²) < 4.78 is 10.4. The molecule has 1 heterocycles. The Labute approximate surface area is 120 Å². The molecule has 8 nitrogen and oxygen atoms in total. The molecular formula is C13H14N4O4. The number of rotatable bonds is 4. The molecule has 0 aliphatic carbocycles. The van der Waals surface area contributed by atoms with Crippen molar-refractivity contribution >= 4 is 17.6 Å². The van der Waals surface area contributed by atoms with Crippen molar-refractivity contribution in [2.45, 2.75) is 6.54 Å². The topological polar surface area (TPSA) is 109 Å². The number of methoxy groups -OCH3 is 2. The van der Waals surface area contributed by atoms with Crippen LogP contribution < -0.4 is 5.73 Å². The first-order chi connectivity index (χ1) is 10.1. The van der Waals surface area contributed by atoms with Gasteiger partial charge in [0, 0.05) is 5.69 Å². The van der Waals surface area contributed by atoms with Gasteiger partial charge in [0.2, 0.25) is 5.82 Å². The van der Waals surface area contributed by atoms with Crippen molar-refractivity contribution in [1.29, 1.82) is 0 Å². The number of carbonyl (C=O) groups is 2. The van der Waals surface area contributed by atoms with E-state index in [1.165, 1.54) is 18.9 Å². The molecule has 0 spiro atoms. The van der Waals surface area contributed by atoms with Crippen LogP contribution in [0.5, 0.6) is 0 Å². The van der Waals surface area contributed by atoms with Crippen molar-refractivity contribution in [3.05, 3.63) is 41.5 Å². The first-order valence-electron chi connectivity index (χ1n) is 6.01. The minimum Gasteiger partial charge on any atom is -0.463 e. The SMILES string of the molecule is COC(=O)c1nc(C(=O)OC)n(Cc2ccccc2N)n1. The summed E-state index contributed by atoms with van der Waals surface area (Å²) >= 11 is 0. The van der Waals surface area contributed by atoms with Crippen LogP contribution >= 0.6 is 0 Å². The summed E-state index contributed by atoms with van der Waals surface area (Å²) in [5.41, 5.74) is 7.14. The number of anilines is 1. The van der Waals surface area contributed by atoms with Crippen molar-refractivity contribution < 1.29 is 19.1 Å². The maximum atomic E-state index is 11.7. The van der Waals surface area contributed by atoms with Crippen LogP contribution in [0.2, 0.25) is 0 Å². The Morgan fingerprint density at radius 3 is 2.48 bits per heavy atom. The lowest BCUT2D eigenvalue weighted by atomic mass is 10.2. The molecule has 110 valence electrons. The fourth-order valence-corrected chi connectivity index (χ4v) is 1.71.